The van der Waals surface area contributed by atoms with Crippen molar-refractivity contribution in [3.63, 3.8) is 0 Å². The summed E-state index contributed by atoms with van der Waals surface area (Å²) in [6.45, 7) is 9.92. The van der Waals surface area contributed by atoms with Gasteiger partial charge in [-0.3, -0.25) is 4.79 Å². The van der Waals surface area contributed by atoms with Crippen LogP contribution in [0, 0.1) is 22.7 Å². The Morgan fingerprint density at radius 3 is 2.27 bits per heavy atom. The molecule has 1 heterocycles. The summed E-state index contributed by atoms with van der Waals surface area (Å²) in [5.74, 6) is -0.433. The molecule has 1 rings (SSSR count). The van der Waals surface area contributed by atoms with Gasteiger partial charge in [-0.15, -0.1) is 0 Å². The van der Waals surface area contributed by atoms with E-state index >= 15 is 0 Å². The van der Waals surface area contributed by atoms with E-state index in [1.54, 1.807) is 4.90 Å². The summed E-state index contributed by atoms with van der Waals surface area (Å²) in [5, 5.41) is 17.3. The number of likely N-dealkylation sites (tertiary alicyclic amines) is 1. The Hall–Kier alpha value is -1.77. The third kappa shape index (κ3) is 10.8. The maximum absolute atomic E-state index is 12.6. The molecule has 33 heavy (non-hydrogen) atoms. The molecule has 0 saturated carbocycles. The molecule has 2 unspecified atom stereocenters. The molecule has 10 heteroatoms. The van der Waals surface area contributed by atoms with Crippen LogP contribution in [0.5, 0.6) is 0 Å². The van der Waals surface area contributed by atoms with Gasteiger partial charge in [0.05, 0.1) is 38.2 Å². The minimum Gasteiger partial charge on any atom is -0.463 e. The molecular weight excluding hydrogens is 443 g/mol. The molecule has 0 spiro atoms. The summed E-state index contributed by atoms with van der Waals surface area (Å²) < 4.78 is 19.2. The van der Waals surface area contributed by atoms with E-state index in [2.05, 4.69) is 38.4 Å². The van der Waals surface area contributed by atoms with E-state index in [4.69, 9.17) is 24.3 Å². The van der Waals surface area contributed by atoms with E-state index in [-0.39, 0.29) is 31.0 Å². The molecular formula is C23H39N4O5P. The number of esters is 1. The quantitative estimate of drug-likeness (QED) is 0.182. The maximum atomic E-state index is 12.6. The number of unbranched alkanes of at least 4 members (excludes halogenated alkanes) is 2. The zero-order valence-electron chi connectivity index (χ0n) is 20.5. The molecule has 0 aliphatic carbocycles. The van der Waals surface area contributed by atoms with E-state index in [1.807, 2.05) is 6.07 Å². The van der Waals surface area contributed by atoms with Crippen LogP contribution in [0.1, 0.15) is 79.1 Å². The highest BCUT2D eigenvalue weighted by Crippen LogP contribution is 2.46. The average molecular weight is 483 g/mol. The van der Waals surface area contributed by atoms with E-state index in [9.17, 15) is 9.59 Å². The van der Waals surface area contributed by atoms with Gasteiger partial charge in [-0.1, -0.05) is 6.42 Å². The molecule has 0 bridgehead atoms. The van der Waals surface area contributed by atoms with Crippen LogP contribution >= 0.6 is 8.53 Å². The van der Waals surface area contributed by atoms with Crippen LogP contribution in [0.3, 0.4) is 0 Å². The molecule has 1 saturated heterocycles. The minimum absolute atomic E-state index is 0.0245. The van der Waals surface area contributed by atoms with Gasteiger partial charge in [-0.05, 0) is 53.4 Å². The van der Waals surface area contributed by atoms with Crippen molar-refractivity contribution in [2.45, 2.75) is 97.2 Å². The molecule has 2 atom stereocenters. The van der Waals surface area contributed by atoms with Gasteiger partial charge in [0, 0.05) is 25.0 Å². The largest absolute Gasteiger partial charge is 0.463 e. The topological polar surface area (TPSA) is 116 Å². The summed E-state index contributed by atoms with van der Waals surface area (Å²) in [6.07, 6.45) is 4.64. The lowest BCUT2D eigenvalue weighted by Gasteiger charge is -2.35. The van der Waals surface area contributed by atoms with Crippen molar-refractivity contribution in [1.29, 1.82) is 10.5 Å². The highest BCUT2D eigenvalue weighted by Gasteiger charge is 2.34. The van der Waals surface area contributed by atoms with Gasteiger partial charge in [-0.25, -0.2) is 9.46 Å². The van der Waals surface area contributed by atoms with E-state index in [0.29, 0.717) is 39.0 Å². The number of carbonyl (C=O) groups is 2. The number of carbonyl (C=O) groups excluding carboxylic acids is 2. The van der Waals surface area contributed by atoms with Crippen LogP contribution in [0.2, 0.25) is 0 Å². The van der Waals surface area contributed by atoms with Crippen LogP contribution in [-0.4, -0.2) is 65.9 Å². The van der Waals surface area contributed by atoms with Gasteiger partial charge >= 0.3 is 5.97 Å². The van der Waals surface area contributed by atoms with Crippen LogP contribution in [0.15, 0.2) is 0 Å². The molecule has 0 aromatic heterocycles. The lowest BCUT2D eigenvalue weighted by Crippen LogP contribution is -2.41. The highest BCUT2D eigenvalue weighted by molar-refractivity contribution is 7.44. The molecule has 186 valence electrons. The molecule has 1 aliphatic rings. The maximum Gasteiger partial charge on any atom is 0.328 e. The Balaban J connectivity index is 2.39. The van der Waals surface area contributed by atoms with Gasteiger partial charge in [-0.2, -0.15) is 10.5 Å². The van der Waals surface area contributed by atoms with Crippen molar-refractivity contribution in [3.05, 3.63) is 0 Å². The van der Waals surface area contributed by atoms with Crippen molar-refractivity contribution in [2.75, 3.05) is 26.4 Å². The third-order valence-corrected chi connectivity index (χ3v) is 7.31. The number of nitrogens with zero attached hydrogens (tertiary/aromatic N) is 4. The Kier molecular flexibility index (Phi) is 14.9. The summed E-state index contributed by atoms with van der Waals surface area (Å²) in [6, 6.07) is 4.03. The predicted molar refractivity (Wildman–Crippen MR) is 126 cm³/mol. The second kappa shape index (κ2) is 16.8. The van der Waals surface area contributed by atoms with E-state index in [1.165, 1.54) is 0 Å². The van der Waals surface area contributed by atoms with Crippen molar-refractivity contribution in [2.24, 2.45) is 0 Å². The number of hydrogen-bond acceptors (Lipinski definition) is 8. The SMILES string of the molecule is CC(C)N(C(C)C)P(OCCC#N)OCCCCCC(=O)N1CCCC1C(=O)OCCC#N. The fraction of sp³-hybridized carbons (Fsp3) is 0.826. The Labute approximate surface area is 199 Å². The lowest BCUT2D eigenvalue weighted by atomic mass is 10.1. The summed E-state index contributed by atoms with van der Waals surface area (Å²) in [7, 11) is -1.24. The van der Waals surface area contributed by atoms with E-state index in [0.717, 1.165) is 25.7 Å². The Morgan fingerprint density at radius 1 is 1.00 bits per heavy atom. The highest BCUT2D eigenvalue weighted by atomic mass is 31.2. The number of ether oxygens (including phenoxy) is 1. The monoisotopic (exact) mass is 482 g/mol. The van der Waals surface area contributed by atoms with Crippen LogP contribution in [0.4, 0.5) is 0 Å². The van der Waals surface area contributed by atoms with Crippen molar-refractivity contribution >= 4 is 20.4 Å². The second-order valence-corrected chi connectivity index (χ2v) is 9.97. The number of amides is 1. The standard InChI is InChI=1S/C23H39N4O5P/c1-19(2)27(20(3)4)33(32-18-10-14-25)31-17-7-5-6-12-22(28)26-15-8-11-21(26)23(29)30-16-9-13-24/h19-21H,5-12,15-18H2,1-4H3. The first kappa shape index (κ1) is 29.3. The van der Waals surface area contributed by atoms with Gasteiger partial charge in [0.2, 0.25) is 5.91 Å². The van der Waals surface area contributed by atoms with Gasteiger partial charge < -0.3 is 18.7 Å². The van der Waals surface area contributed by atoms with Gasteiger partial charge in [0.15, 0.2) is 0 Å². The van der Waals surface area contributed by atoms with Crippen LogP contribution in [0.25, 0.3) is 0 Å². The first-order chi connectivity index (χ1) is 15.8. The number of hydrogen-bond donors (Lipinski definition) is 0. The van der Waals surface area contributed by atoms with Gasteiger partial charge in [0.1, 0.15) is 12.6 Å². The van der Waals surface area contributed by atoms with Crippen molar-refractivity contribution < 1.29 is 23.4 Å². The van der Waals surface area contributed by atoms with Crippen molar-refractivity contribution in [1.82, 2.24) is 9.57 Å². The summed E-state index contributed by atoms with van der Waals surface area (Å²) in [5.41, 5.74) is 0. The van der Waals surface area contributed by atoms with Crippen LogP contribution in [-0.2, 0) is 23.4 Å². The lowest BCUT2D eigenvalue weighted by molar-refractivity contribution is -0.153. The van der Waals surface area contributed by atoms with E-state index < -0.39 is 20.5 Å². The fourth-order valence-corrected chi connectivity index (χ4v) is 5.39. The third-order valence-electron chi connectivity index (χ3n) is 5.20. The first-order valence-corrected chi connectivity index (χ1v) is 13.0. The molecule has 0 radical (unpaired) electrons. The van der Waals surface area contributed by atoms with Gasteiger partial charge in [0.25, 0.3) is 8.53 Å². The fourth-order valence-electron chi connectivity index (χ4n) is 3.76. The van der Waals surface area contributed by atoms with Crippen molar-refractivity contribution in [3.8, 4) is 12.1 Å². The number of rotatable bonds is 16. The summed E-state index contributed by atoms with van der Waals surface area (Å²) >= 11 is 0. The molecule has 0 aromatic rings. The molecule has 0 aromatic carbocycles. The average Bonchev–Trinajstić information content (AvgIpc) is 3.25. The smallest absolute Gasteiger partial charge is 0.328 e. The molecule has 1 amide bonds. The zero-order chi connectivity index (χ0) is 24.6. The second-order valence-electron chi connectivity index (χ2n) is 8.51. The van der Waals surface area contributed by atoms with Crippen LogP contribution < -0.4 is 0 Å². The molecule has 9 nitrogen and oxygen atoms in total. The Morgan fingerprint density at radius 2 is 1.64 bits per heavy atom. The number of nitriles is 2. The molecule has 1 fully saturated rings. The molecule has 1 aliphatic heterocycles. The molecule has 0 N–H and O–H groups in total. The Bertz CT molecular complexity index is 669. The first-order valence-electron chi connectivity index (χ1n) is 11.9. The minimum atomic E-state index is -1.24. The predicted octanol–water partition coefficient (Wildman–Crippen LogP) is 4.29. The normalized spacial score (nSPS) is 16.8. The summed E-state index contributed by atoms with van der Waals surface area (Å²) in [4.78, 5) is 26.4. The zero-order valence-corrected chi connectivity index (χ0v) is 21.4.